The zero-order valence-corrected chi connectivity index (χ0v) is 10.5. The number of aryl methyl sites for hydroxylation is 1. The van der Waals surface area contributed by atoms with Gasteiger partial charge < -0.3 is 14.3 Å². The number of aromatic hydroxyl groups is 1. The first-order chi connectivity index (χ1) is 8.65. The molecule has 0 aliphatic rings. The fraction of sp³-hybridized carbons (Fsp3) is 0.357. The molecule has 18 heavy (non-hydrogen) atoms. The van der Waals surface area contributed by atoms with Crippen molar-refractivity contribution in [3.05, 3.63) is 34.2 Å². The zero-order chi connectivity index (χ0) is 13.1. The van der Waals surface area contributed by atoms with E-state index in [9.17, 15) is 9.90 Å². The summed E-state index contributed by atoms with van der Waals surface area (Å²) in [5.74, 6) is 0.655. The highest BCUT2D eigenvalue weighted by atomic mass is 16.5. The van der Waals surface area contributed by atoms with Gasteiger partial charge in [-0.25, -0.2) is 4.79 Å². The van der Waals surface area contributed by atoms with Crippen molar-refractivity contribution in [3.63, 3.8) is 0 Å². The molecule has 0 aliphatic heterocycles. The Morgan fingerprint density at radius 2 is 2.06 bits per heavy atom. The lowest BCUT2D eigenvalue weighted by atomic mass is 10.1. The van der Waals surface area contributed by atoms with E-state index in [1.807, 2.05) is 13.0 Å². The third-order valence-electron chi connectivity index (χ3n) is 2.72. The first-order valence-electron chi connectivity index (χ1n) is 6.08. The van der Waals surface area contributed by atoms with Gasteiger partial charge in [0.15, 0.2) is 0 Å². The molecular weight excluding hydrogens is 232 g/mol. The maximum Gasteiger partial charge on any atom is 0.339 e. The van der Waals surface area contributed by atoms with Gasteiger partial charge in [0.2, 0.25) is 0 Å². The summed E-state index contributed by atoms with van der Waals surface area (Å²) in [6, 6.07) is 4.57. The molecule has 0 amide bonds. The van der Waals surface area contributed by atoms with Gasteiger partial charge in [-0.1, -0.05) is 13.3 Å². The maximum atomic E-state index is 11.2. The highest BCUT2D eigenvalue weighted by molar-refractivity contribution is 5.85. The molecule has 0 atom stereocenters. The minimum atomic E-state index is -0.564. The van der Waals surface area contributed by atoms with Gasteiger partial charge in [-0.3, -0.25) is 0 Å². The van der Waals surface area contributed by atoms with E-state index in [-0.39, 0.29) is 5.75 Å². The average Bonchev–Trinajstić information content (AvgIpc) is 2.31. The molecule has 96 valence electrons. The Hall–Kier alpha value is -1.97. The molecule has 1 heterocycles. The molecule has 4 nitrogen and oxygen atoms in total. The third-order valence-corrected chi connectivity index (χ3v) is 2.72. The minimum absolute atomic E-state index is 0.0540. The van der Waals surface area contributed by atoms with Crippen molar-refractivity contribution >= 4 is 11.0 Å². The number of fused-ring (bicyclic) bond motifs is 1. The molecule has 1 aromatic heterocycles. The van der Waals surface area contributed by atoms with Gasteiger partial charge in [0, 0.05) is 6.07 Å². The molecule has 0 bridgehead atoms. The van der Waals surface area contributed by atoms with Crippen LogP contribution in [0, 0.1) is 0 Å². The van der Waals surface area contributed by atoms with E-state index in [0.717, 1.165) is 24.5 Å². The molecular formula is C14H16O4. The van der Waals surface area contributed by atoms with Crippen molar-refractivity contribution in [2.24, 2.45) is 0 Å². The number of hydrogen-bond acceptors (Lipinski definition) is 4. The van der Waals surface area contributed by atoms with Crippen LogP contribution in [0.5, 0.6) is 11.5 Å². The summed E-state index contributed by atoms with van der Waals surface area (Å²) >= 11 is 0. The molecule has 0 radical (unpaired) electrons. The van der Waals surface area contributed by atoms with E-state index in [1.165, 1.54) is 0 Å². The SMILES string of the molecule is CCCc1cc2c(O)cc(=O)oc2cc1OCC. The van der Waals surface area contributed by atoms with Crippen molar-refractivity contribution in [2.45, 2.75) is 26.7 Å². The molecule has 0 aliphatic carbocycles. The van der Waals surface area contributed by atoms with Crippen LogP contribution in [0.15, 0.2) is 27.4 Å². The molecule has 4 heteroatoms. The summed E-state index contributed by atoms with van der Waals surface area (Å²) in [4.78, 5) is 11.2. The number of benzene rings is 1. The first kappa shape index (κ1) is 12.5. The van der Waals surface area contributed by atoms with Gasteiger partial charge in [-0.15, -0.1) is 0 Å². The largest absolute Gasteiger partial charge is 0.507 e. The van der Waals surface area contributed by atoms with Crippen molar-refractivity contribution in [3.8, 4) is 11.5 Å². The number of rotatable bonds is 4. The predicted molar refractivity (Wildman–Crippen MR) is 69.3 cm³/mol. The standard InChI is InChI=1S/C14H16O4/c1-3-5-9-6-10-11(15)7-14(16)18-13(10)8-12(9)17-4-2/h6-8,15H,3-5H2,1-2H3. The molecule has 2 rings (SSSR count). The van der Waals surface area contributed by atoms with E-state index >= 15 is 0 Å². The Balaban J connectivity index is 2.67. The summed E-state index contributed by atoms with van der Waals surface area (Å²) in [6.45, 7) is 4.52. The van der Waals surface area contributed by atoms with Gasteiger partial charge in [-0.2, -0.15) is 0 Å². The predicted octanol–water partition coefficient (Wildman–Crippen LogP) is 2.85. The summed E-state index contributed by atoms with van der Waals surface area (Å²) in [5.41, 5.74) is 0.796. The molecule has 0 saturated carbocycles. The fourth-order valence-electron chi connectivity index (χ4n) is 1.97. The van der Waals surface area contributed by atoms with E-state index in [4.69, 9.17) is 9.15 Å². The van der Waals surface area contributed by atoms with Crippen LogP contribution < -0.4 is 10.4 Å². The lowest BCUT2D eigenvalue weighted by molar-refractivity contribution is 0.336. The monoisotopic (exact) mass is 248 g/mol. The van der Waals surface area contributed by atoms with E-state index in [2.05, 4.69) is 6.92 Å². The number of hydrogen-bond donors (Lipinski definition) is 1. The van der Waals surface area contributed by atoms with Crippen molar-refractivity contribution in [1.29, 1.82) is 0 Å². The van der Waals surface area contributed by atoms with Crippen molar-refractivity contribution in [2.75, 3.05) is 6.61 Å². The van der Waals surface area contributed by atoms with Crippen molar-refractivity contribution in [1.82, 2.24) is 0 Å². The second kappa shape index (κ2) is 5.12. The smallest absolute Gasteiger partial charge is 0.339 e. The van der Waals surface area contributed by atoms with Gasteiger partial charge in [0.1, 0.15) is 17.1 Å². The summed E-state index contributed by atoms with van der Waals surface area (Å²) in [5, 5.41) is 10.3. The molecule has 0 fully saturated rings. The lowest BCUT2D eigenvalue weighted by Gasteiger charge is -2.11. The van der Waals surface area contributed by atoms with Gasteiger partial charge in [0.25, 0.3) is 0 Å². The Morgan fingerprint density at radius 3 is 2.72 bits per heavy atom. The Labute approximate surface area is 105 Å². The second-order valence-corrected chi connectivity index (χ2v) is 4.09. The Bertz CT molecular complexity index is 613. The van der Waals surface area contributed by atoms with Crippen LogP contribution in [0.25, 0.3) is 11.0 Å². The van der Waals surface area contributed by atoms with E-state index < -0.39 is 5.63 Å². The van der Waals surface area contributed by atoms with E-state index in [0.29, 0.717) is 23.3 Å². The van der Waals surface area contributed by atoms with Gasteiger partial charge in [0.05, 0.1) is 18.1 Å². The molecule has 0 spiro atoms. The average molecular weight is 248 g/mol. The van der Waals surface area contributed by atoms with Crippen LogP contribution in [0.4, 0.5) is 0 Å². The van der Waals surface area contributed by atoms with Crippen LogP contribution in [-0.2, 0) is 6.42 Å². The van der Waals surface area contributed by atoms with Crippen LogP contribution in [0.2, 0.25) is 0 Å². The van der Waals surface area contributed by atoms with Gasteiger partial charge >= 0.3 is 5.63 Å². The number of ether oxygens (including phenoxy) is 1. The Morgan fingerprint density at radius 1 is 1.28 bits per heavy atom. The summed E-state index contributed by atoms with van der Waals surface area (Å²) in [6.07, 6.45) is 1.83. The van der Waals surface area contributed by atoms with Crippen molar-refractivity contribution < 1.29 is 14.3 Å². The highest BCUT2D eigenvalue weighted by Crippen LogP contribution is 2.30. The maximum absolute atomic E-state index is 11.2. The third kappa shape index (κ3) is 2.32. The molecule has 1 aromatic carbocycles. The summed E-state index contributed by atoms with van der Waals surface area (Å²) in [7, 11) is 0. The van der Waals surface area contributed by atoms with E-state index in [1.54, 1.807) is 6.07 Å². The highest BCUT2D eigenvalue weighted by Gasteiger charge is 2.10. The molecule has 0 unspecified atom stereocenters. The molecule has 2 aromatic rings. The van der Waals surface area contributed by atoms with Gasteiger partial charge in [-0.05, 0) is 25.0 Å². The van der Waals surface area contributed by atoms with Crippen LogP contribution in [-0.4, -0.2) is 11.7 Å². The lowest BCUT2D eigenvalue weighted by Crippen LogP contribution is -2.00. The fourth-order valence-corrected chi connectivity index (χ4v) is 1.97. The zero-order valence-electron chi connectivity index (χ0n) is 10.5. The molecule has 0 saturated heterocycles. The van der Waals surface area contributed by atoms with Crippen LogP contribution in [0.3, 0.4) is 0 Å². The molecule has 1 N–H and O–H groups in total. The normalized spacial score (nSPS) is 10.8. The topological polar surface area (TPSA) is 59.7 Å². The first-order valence-corrected chi connectivity index (χ1v) is 6.08. The van der Waals surface area contributed by atoms with Crippen LogP contribution >= 0.6 is 0 Å². The summed E-state index contributed by atoms with van der Waals surface area (Å²) < 4.78 is 10.6. The van der Waals surface area contributed by atoms with Crippen LogP contribution in [0.1, 0.15) is 25.8 Å². The second-order valence-electron chi connectivity index (χ2n) is 4.09. The minimum Gasteiger partial charge on any atom is -0.507 e. The quantitative estimate of drug-likeness (QED) is 0.845. The Kier molecular flexibility index (Phi) is 3.55.